The van der Waals surface area contributed by atoms with Gasteiger partial charge in [-0.2, -0.15) is 5.10 Å². The molecule has 0 aromatic carbocycles. The van der Waals surface area contributed by atoms with E-state index >= 15 is 0 Å². The normalized spacial score (nSPS) is 11.7. The number of nitrogens with zero attached hydrogens (tertiary/aromatic N) is 4. The first-order valence-electron chi connectivity index (χ1n) is 5.56. The van der Waals surface area contributed by atoms with Gasteiger partial charge in [-0.15, -0.1) is 0 Å². The zero-order valence-electron chi connectivity index (χ0n) is 10.8. The molecule has 2 N–H and O–H groups in total. The van der Waals surface area contributed by atoms with Crippen LogP contribution >= 0.6 is 0 Å². The summed E-state index contributed by atoms with van der Waals surface area (Å²) in [5.74, 6) is 0.00299. The van der Waals surface area contributed by atoms with Crippen molar-refractivity contribution < 1.29 is 8.42 Å². The maximum absolute atomic E-state index is 11.7. The van der Waals surface area contributed by atoms with E-state index in [9.17, 15) is 8.42 Å². The SMILES string of the molecule is [C-]#[N+]c1c(S(C)(=O)=O)nc2c(CC)c(C)nn2c1N. The average molecular weight is 279 g/mol. The Morgan fingerprint density at radius 1 is 1.47 bits per heavy atom. The molecule has 0 atom stereocenters. The van der Waals surface area contributed by atoms with Crippen LogP contribution in [0.3, 0.4) is 0 Å². The highest BCUT2D eigenvalue weighted by Crippen LogP contribution is 2.31. The quantitative estimate of drug-likeness (QED) is 0.657. The van der Waals surface area contributed by atoms with Crippen molar-refractivity contribution in [3.05, 3.63) is 22.7 Å². The predicted molar refractivity (Wildman–Crippen MR) is 70.9 cm³/mol. The van der Waals surface area contributed by atoms with E-state index < -0.39 is 9.84 Å². The average Bonchev–Trinajstić information content (AvgIpc) is 2.64. The van der Waals surface area contributed by atoms with Crippen molar-refractivity contribution in [2.24, 2.45) is 0 Å². The van der Waals surface area contributed by atoms with Crippen LogP contribution in [-0.2, 0) is 16.3 Å². The third-order valence-electron chi connectivity index (χ3n) is 2.85. The van der Waals surface area contributed by atoms with Crippen LogP contribution in [-0.4, -0.2) is 29.3 Å². The number of aryl methyl sites for hydroxylation is 2. The van der Waals surface area contributed by atoms with Gasteiger partial charge in [0.15, 0.2) is 20.5 Å². The summed E-state index contributed by atoms with van der Waals surface area (Å²) in [7, 11) is -3.62. The Labute approximate surface area is 110 Å². The number of anilines is 1. The molecular formula is C11H13N5O2S. The molecule has 2 heterocycles. The molecule has 0 fully saturated rings. The van der Waals surface area contributed by atoms with Gasteiger partial charge in [-0.25, -0.2) is 22.8 Å². The van der Waals surface area contributed by atoms with Crippen LogP contribution in [0.15, 0.2) is 5.03 Å². The van der Waals surface area contributed by atoms with E-state index in [0.29, 0.717) is 12.1 Å². The first-order chi connectivity index (χ1) is 8.81. The van der Waals surface area contributed by atoms with Crippen molar-refractivity contribution in [3.8, 4) is 0 Å². The zero-order chi connectivity index (χ0) is 14.4. The minimum Gasteiger partial charge on any atom is -0.392 e. The molecule has 19 heavy (non-hydrogen) atoms. The summed E-state index contributed by atoms with van der Waals surface area (Å²) in [4.78, 5) is 7.26. The minimum atomic E-state index is -3.62. The molecule has 100 valence electrons. The lowest BCUT2D eigenvalue weighted by Gasteiger charge is -2.06. The Balaban J connectivity index is 3.04. The van der Waals surface area contributed by atoms with Crippen LogP contribution in [0.25, 0.3) is 10.5 Å². The number of rotatable bonds is 2. The summed E-state index contributed by atoms with van der Waals surface area (Å²) in [5, 5.41) is 3.92. The fourth-order valence-corrected chi connectivity index (χ4v) is 2.72. The topological polar surface area (TPSA) is 94.7 Å². The molecule has 0 amide bonds. The van der Waals surface area contributed by atoms with Gasteiger partial charge < -0.3 is 5.73 Å². The molecule has 0 aliphatic carbocycles. The van der Waals surface area contributed by atoms with Crippen molar-refractivity contribution in [2.45, 2.75) is 25.3 Å². The number of aromatic nitrogens is 3. The van der Waals surface area contributed by atoms with Crippen molar-refractivity contribution >= 4 is 27.0 Å². The number of fused-ring (bicyclic) bond motifs is 1. The highest BCUT2D eigenvalue weighted by molar-refractivity contribution is 7.90. The second kappa shape index (κ2) is 4.20. The second-order valence-corrected chi connectivity index (χ2v) is 6.12. The molecule has 7 nitrogen and oxygen atoms in total. The fourth-order valence-electron chi connectivity index (χ4n) is 1.97. The van der Waals surface area contributed by atoms with E-state index in [-0.39, 0.29) is 16.5 Å². The summed E-state index contributed by atoms with van der Waals surface area (Å²) in [6.07, 6.45) is 1.66. The van der Waals surface area contributed by atoms with Gasteiger partial charge >= 0.3 is 0 Å². The van der Waals surface area contributed by atoms with Crippen LogP contribution in [0, 0.1) is 13.5 Å². The summed E-state index contributed by atoms with van der Waals surface area (Å²) in [6, 6.07) is 0. The van der Waals surface area contributed by atoms with Gasteiger partial charge in [-0.05, 0) is 13.3 Å². The molecule has 2 aromatic rings. The number of hydrogen-bond acceptors (Lipinski definition) is 5. The Kier molecular flexibility index (Phi) is 2.94. The molecule has 0 radical (unpaired) electrons. The van der Waals surface area contributed by atoms with Crippen LogP contribution in [0.2, 0.25) is 0 Å². The molecule has 0 saturated carbocycles. The maximum atomic E-state index is 11.7. The first kappa shape index (κ1) is 13.3. The molecule has 0 bridgehead atoms. The minimum absolute atomic E-state index is 0.00299. The number of sulfone groups is 1. The predicted octanol–water partition coefficient (Wildman–Crippen LogP) is 1.14. The van der Waals surface area contributed by atoms with E-state index in [1.807, 2.05) is 6.92 Å². The lowest BCUT2D eigenvalue weighted by molar-refractivity contribution is 0.599. The molecule has 0 saturated heterocycles. The molecule has 2 rings (SSSR count). The standard InChI is InChI=1S/C11H13N5O2S/c1-5-7-6(2)15-16-9(12)8(13-3)11(14-10(7)16)19(4,17)18/h5,12H2,1-2,4H3. The van der Waals surface area contributed by atoms with Crippen LogP contribution < -0.4 is 5.73 Å². The summed E-state index contributed by atoms with van der Waals surface area (Å²) in [6.45, 7) is 10.8. The van der Waals surface area contributed by atoms with Crippen molar-refractivity contribution in [2.75, 3.05) is 12.0 Å². The third kappa shape index (κ3) is 1.92. The van der Waals surface area contributed by atoms with Crippen molar-refractivity contribution in [1.29, 1.82) is 0 Å². The molecule has 2 aromatic heterocycles. The van der Waals surface area contributed by atoms with Gasteiger partial charge in [0, 0.05) is 11.8 Å². The van der Waals surface area contributed by atoms with E-state index in [1.54, 1.807) is 6.92 Å². The lowest BCUT2D eigenvalue weighted by atomic mass is 10.2. The summed E-state index contributed by atoms with van der Waals surface area (Å²) < 4.78 is 24.8. The number of nitrogen functional groups attached to an aromatic ring is 1. The number of nitrogens with two attached hydrogens (primary N) is 1. The zero-order valence-corrected chi connectivity index (χ0v) is 11.6. The smallest absolute Gasteiger partial charge is 0.264 e. The van der Waals surface area contributed by atoms with Gasteiger partial charge in [-0.3, -0.25) is 0 Å². The molecular weight excluding hydrogens is 266 g/mol. The molecule has 8 heteroatoms. The molecule has 0 aliphatic heterocycles. The molecule has 0 spiro atoms. The number of hydrogen-bond donors (Lipinski definition) is 1. The van der Waals surface area contributed by atoms with E-state index in [1.165, 1.54) is 4.52 Å². The van der Waals surface area contributed by atoms with Gasteiger partial charge in [0.1, 0.15) is 5.82 Å². The summed E-state index contributed by atoms with van der Waals surface area (Å²) in [5.41, 5.74) is 7.61. The van der Waals surface area contributed by atoms with Gasteiger partial charge in [0.2, 0.25) is 0 Å². The molecule has 0 unspecified atom stereocenters. The van der Waals surface area contributed by atoms with E-state index in [2.05, 4.69) is 14.9 Å². The largest absolute Gasteiger partial charge is 0.392 e. The van der Waals surface area contributed by atoms with E-state index in [0.717, 1.165) is 17.5 Å². The first-order valence-corrected chi connectivity index (χ1v) is 7.45. The Hall–Kier alpha value is -2.14. The maximum Gasteiger partial charge on any atom is 0.264 e. The fraction of sp³-hybridized carbons (Fsp3) is 0.364. The van der Waals surface area contributed by atoms with E-state index in [4.69, 9.17) is 12.3 Å². The van der Waals surface area contributed by atoms with Crippen LogP contribution in [0.5, 0.6) is 0 Å². The molecule has 0 aliphatic rings. The highest BCUT2D eigenvalue weighted by atomic mass is 32.2. The Bertz CT molecular complexity index is 814. The van der Waals surface area contributed by atoms with Gasteiger partial charge in [0.25, 0.3) is 5.69 Å². The monoisotopic (exact) mass is 279 g/mol. The van der Waals surface area contributed by atoms with Gasteiger partial charge in [0.05, 0.1) is 12.3 Å². The lowest BCUT2D eigenvalue weighted by Crippen LogP contribution is -2.08. The van der Waals surface area contributed by atoms with Crippen LogP contribution in [0.4, 0.5) is 11.5 Å². The Morgan fingerprint density at radius 2 is 2.11 bits per heavy atom. The second-order valence-electron chi connectivity index (χ2n) is 4.19. The van der Waals surface area contributed by atoms with Crippen LogP contribution in [0.1, 0.15) is 18.2 Å². The van der Waals surface area contributed by atoms with Crippen molar-refractivity contribution in [1.82, 2.24) is 14.6 Å². The van der Waals surface area contributed by atoms with Crippen molar-refractivity contribution in [3.63, 3.8) is 0 Å². The highest BCUT2D eigenvalue weighted by Gasteiger charge is 2.23. The van der Waals surface area contributed by atoms with Gasteiger partial charge in [-0.1, -0.05) is 6.92 Å². The Morgan fingerprint density at radius 3 is 2.58 bits per heavy atom. The summed E-state index contributed by atoms with van der Waals surface area (Å²) >= 11 is 0. The third-order valence-corrected chi connectivity index (χ3v) is 3.84.